The molecule has 0 aliphatic heterocycles. The van der Waals surface area contributed by atoms with Crippen LogP contribution in [0, 0.1) is 0 Å². The van der Waals surface area contributed by atoms with E-state index in [-0.39, 0.29) is 0 Å². The lowest BCUT2D eigenvalue weighted by atomic mass is 10.1. The minimum atomic E-state index is 0.403. The summed E-state index contributed by atoms with van der Waals surface area (Å²) in [6.45, 7) is 4.33. The van der Waals surface area contributed by atoms with Crippen molar-refractivity contribution in [3.8, 4) is 0 Å². The first-order valence-electron chi connectivity index (χ1n) is 6.97. The van der Waals surface area contributed by atoms with Crippen LogP contribution >= 0.6 is 27.7 Å². The van der Waals surface area contributed by atoms with Crippen molar-refractivity contribution >= 4 is 33.5 Å². The average Bonchev–Trinajstić information content (AvgIpc) is 2.90. The van der Waals surface area contributed by atoms with E-state index < -0.39 is 0 Å². The summed E-state index contributed by atoms with van der Waals surface area (Å²) in [7, 11) is 1.91. The van der Waals surface area contributed by atoms with E-state index >= 15 is 0 Å². The zero-order valence-corrected chi connectivity index (χ0v) is 14.3. The molecule has 1 aromatic heterocycles. The van der Waals surface area contributed by atoms with Crippen molar-refractivity contribution < 1.29 is 0 Å². The fourth-order valence-electron chi connectivity index (χ4n) is 2.37. The van der Waals surface area contributed by atoms with Crippen molar-refractivity contribution in [1.82, 2.24) is 9.97 Å². The summed E-state index contributed by atoms with van der Waals surface area (Å²) in [6, 6.07) is 0. The molecule has 1 heterocycles. The van der Waals surface area contributed by atoms with Crippen LogP contribution in [-0.4, -0.2) is 22.3 Å². The first-order valence-corrected chi connectivity index (χ1v) is 8.81. The van der Waals surface area contributed by atoms with Crippen molar-refractivity contribution in [3.05, 3.63) is 16.0 Å². The Hall–Kier alpha value is -0.290. The molecule has 0 amide bonds. The van der Waals surface area contributed by atoms with Gasteiger partial charge < -0.3 is 5.32 Å². The van der Waals surface area contributed by atoms with Crippen LogP contribution in [0.1, 0.15) is 57.0 Å². The first-order chi connectivity index (χ1) is 9.11. The molecule has 106 valence electrons. The van der Waals surface area contributed by atoms with Gasteiger partial charge in [-0.1, -0.05) is 26.7 Å². The monoisotopic (exact) mass is 343 g/mol. The molecular weight excluding hydrogens is 322 g/mol. The molecule has 1 saturated carbocycles. The Balaban J connectivity index is 2.12. The second-order valence-corrected chi connectivity index (χ2v) is 7.39. The summed E-state index contributed by atoms with van der Waals surface area (Å²) >= 11 is 5.61. The van der Waals surface area contributed by atoms with E-state index in [4.69, 9.17) is 4.98 Å². The van der Waals surface area contributed by atoms with E-state index in [0.29, 0.717) is 5.92 Å². The van der Waals surface area contributed by atoms with Crippen molar-refractivity contribution in [2.24, 2.45) is 0 Å². The molecule has 1 aliphatic carbocycles. The van der Waals surface area contributed by atoms with E-state index in [2.05, 4.69) is 40.1 Å². The van der Waals surface area contributed by atoms with E-state index in [1.54, 1.807) is 0 Å². The second kappa shape index (κ2) is 6.93. The van der Waals surface area contributed by atoms with Crippen LogP contribution in [0.5, 0.6) is 0 Å². The minimum absolute atomic E-state index is 0.403. The molecule has 1 aliphatic rings. The maximum Gasteiger partial charge on any atom is 0.144 e. The molecule has 1 N–H and O–H groups in total. The standard InChI is InChI=1S/C14H22BrN3S/c1-9(2)13-12(15)14(16-3)18-11(17-13)8-19-10-6-4-5-7-10/h9-10H,4-8H2,1-3H3,(H,16,17,18). The van der Waals surface area contributed by atoms with Gasteiger partial charge in [0.15, 0.2) is 0 Å². The van der Waals surface area contributed by atoms with Crippen LogP contribution in [0.25, 0.3) is 0 Å². The van der Waals surface area contributed by atoms with Gasteiger partial charge in [0, 0.05) is 12.3 Å². The molecule has 0 unspecified atom stereocenters. The van der Waals surface area contributed by atoms with Gasteiger partial charge in [-0.3, -0.25) is 0 Å². The highest BCUT2D eigenvalue weighted by Crippen LogP contribution is 2.33. The highest BCUT2D eigenvalue weighted by atomic mass is 79.9. The van der Waals surface area contributed by atoms with Gasteiger partial charge in [-0.05, 0) is 34.7 Å². The SMILES string of the molecule is CNc1nc(CSC2CCCC2)nc(C(C)C)c1Br. The van der Waals surface area contributed by atoms with Gasteiger partial charge in [0.05, 0.1) is 15.9 Å². The van der Waals surface area contributed by atoms with Crippen LogP contribution < -0.4 is 5.32 Å². The summed E-state index contributed by atoms with van der Waals surface area (Å²) in [4.78, 5) is 9.33. The van der Waals surface area contributed by atoms with Crippen LogP contribution in [0.15, 0.2) is 4.47 Å². The normalized spacial score (nSPS) is 16.3. The molecule has 1 fully saturated rings. The summed E-state index contributed by atoms with van der Waals surface area (Å²) in [5.74, 6) is 3.18. The number of halogens is 1. The number of aromatic nitrogens is 2. The molecule has 5 heteroatoms. The summed E-state index contributed by atoms with van der Waals surface area (Å²) in [5, 5.41) is 3.96. The lowest BCUT2D eigenvalue weighted by Gasteiger charge is -2.14. The first kappa shape index (κ1) is 15.1. The Morgan fingerprint density at radius 2 is 2.00 bits per heavy atom. The molecule has 0 atom stereocenters. The molecule has 0 spiro atoms. The average molecular weight is 344 g/mol. The summed E-state index contributed by atoms with van der Waals surface area (Å²) in [5.41, 5.74) is 1.10. The smallest absolute Gasteiger partial charge is 0.144 e. The number of hydrogen-bond donors (Lipinski definition) is 1. The van der Waals surface area contributed by atoms with Gasteiger partial charge in [-0.25, -0.2) is 9.97 Å². The van der Waals surface area contributed by atoms with Crippen molar-refractivity contribution in [1.29, 1.82) is 0 Å². The van der Waals surface area contributed by atoms with E-state index in [0.717, 1.165) is 32.8 Å². The molecule has 0 bridgehead atoms. The maximum absolute atomic E-state index is 4.72. The quantitative estimate of drug-likeness (QED) is 0.848. The van der Waals surface area contributed by atoms with Gasteiger partial charge in [0.25, 0.3) is 0 Å². The molecule has 0 aromatic carbocycles. The van der Waals surface area contributed by atoms with E-state index in [9.17, 15) is 0 Å². The van der Waals surface area contributed by atoms with Gasteiger partial charge >= 0.3 is 0 Å². The van der Waals surface area contributed by atoms with E-state index in [1.165, 1.54) is 25.7 Å². The molecule has 19 heavy (non-hydrogen) atoms. The lowest BCUT2D eigenvalue weighted by molar-refractivity contribution is 0.792. The molecule has 1 aromatic rings. The van der Waals surface area contributed by atoms with Gasteiger partial charge in [-0.2, -0.15) is 11.8 Å². The number of nitrogens with one attached hydrogen (secondary N) is 1. The third-order valence-electron chi connectivity index (χ3n) is 3.46. The van der Waals surface area contributed by atoms with Crippen molar-refractivity contribution in [2.75, 3.05) is 12.4 Å². The largest absolute Gasteiger partial charge is 0.372 e. The Morgan fingerprint density at radius 1 is 1.32 bits per heavy atom. The maximum atomic E-state index is 4.72. The molecular formula is C14H22BrN3S. The number of thioether (sulfide) groups is 1. The lowest BCUT2D eigenvalue weighted by Crippen LogP contribution is -2.07. The summed E-state index contributed by atoms with van der Waals surface area (Å²) < 4.78 is 1.000. The predicted octanol–water partition coefficient (Wildman–Crippen LogP) is 4.58. The third kappa shape index (κ3) is 3.85. The number of nitrogens with zero attached hydrogens (tertiary/aromatic N) is 2. The topological polar surface area (TPSA) is 37.8 Å². The number of anilines is 1. The van der Waals surface area contributed by atoms with Crippen LogP contribution in [0.4, 0.5) is 5.82 Å². The van der Waals surface area contributed by atoms with E-state index in [1.807, 2.05) is 18.8 Å². The number of hydrogen-bond acceptors (Lipinski definition) is 4. The zero-order valence-electron chi connectivity index (χ0n) is 11.9. The van der Waals surface area contributed by atoms with Gasteiger partial charge in [0.1, 0.15) is 11.6 Å². The Kier molecular flexibility index (Phi) is 5.51. The Bertz CT molecular complexity index is 431. The Morgan fingerprint density at radius 3 is 2.58 bits per heavy atom. The molecule has 3 nitrogen and oxygen atoms in total. The van der Waals surface area contributed by atoms with Gasteiger partial charge in [0.2, 0.25) is 0 Å². The van der Waals surface area contributed by atoms with Gasteiger partial charge in [-0.15, -0.1) is 0 Å². The minimum Gasteiger partial charge on any atom is -0.372 e. The van der Waals surface area contributed by atoms with Crippen LogP contribution in [0.2, 0.25) is 0 Å². The van der Waals surface area contributed by atoms with Crippen LogP contribution in [-0.2, 0) is 5.75 Å². The zero-order chi connectivity index (χ0) is 13.8. The van der Waals surface area contributed by atoms with Crippen molar-refractivity contribution in [2.45, 2.75) is 56.5 Å². The highest BCUT2D eigenvalue weighted by Gasteiger charge is 2.18. The fraction of sp³-hybridized carbons (Fsp3) is 0.714. The Labute approximate surface area is 128 Å². The second-order valence-electron chi connectivity index (χ2n) is 5.31. The highest BCUT2D eigenvalue weighted by molar-refractivity contribution is 9.10. The number of rotatable bonds is 5. The fourth-order valence-corrected chi connectivity index (χ4v) is 4.39. The summed E-state index contributed by atoms with van der Waals surface area (Å²) in [6.07, 6.45) is 5.49. The third-order valence-corrected chi connectivity index (χ3v) is 5.61. The molecule has 0 saturated heterocycles. The molecule has 2 rings (SSSR count). The van der Waals surface area contributed by atoms with Crippen molar-refractivity contribution in [3.63, 3.8) is 0 Å². The molecule has 0 radical (unpaired) electrons. The van der Waals surface area contributed by atoms with Crippen LogP contribution in [0.3, 0.4) is 0 Å². The predicted molar refractivity (Wildman–Crippen MR) is 86.9 cm³/mol.